The van der Waals surface area contributed by atoms with E-state index < -0.39 is 0 Å². The zero-order chi connectivity index (χ0) is 14.5. The molecular weight excluding hydrogens is 268 g/mol. The Kier molecular flexibility index (Phi) is 4.72. The summed E-state index contributed by atoms with van der Waals surface area (Å²) >= 11 is 0. The van der Waals surface area contributed by atoms with Gasteiger partial charge >= 0.3 is 0 Å². The van der Waals surface area contributed by atoms with Gasteiger partial charge in [-0.2, -0.15) is 0 Å². The molecule has 1 aromatic carbocycles. The number of morpholine rings is 1. The lowest BCUT2D eigenvalue weighted by Crippen LogP contribution is -2.36. The summed E-state index contributed by atoms with van der Waals surface area (Å²) in [4.78, 5) is 14.4. The Morgan fingerprint density at radius 1 is 1.19 bits per heavy atom. The maximum Gasteiger partial charge on any atom is 0.251 e. The zero-order valence-electron chi connectivity index (χ0n) is 12.2. The molecule has 1 amide bonds. The van der Waals surface area contributed by atoms with Crippen LogP contribution in [0.3, 0.4) is 0 Å². The Morgan fingerprint density at radius 2 is 1.95 bits per heavy atom. The molecular formula is C16H22N2O3. The number of ether oxygens (including phenoxy) is 2. The SMILES string of the molecule is O=C(NCC1CCCO1)c1ccc(N2CCOCC2)cc1. The number of nitrogens with one attached hydrogen (secondary N) is 1. The first kappa shape index (κ1) is 14.4. The van der Waals surface area contributed by atoms with Gasteiger partial charge in [0.2, 0.25) is 0 Å². The average molecular weight is 290 g/mol. The maximum absolute atomic E-state index is 12.1. The molecule has 1 atom stereocenters. The summed E-state index contributed by atoms with van der Waals surface area (Å²) in [5, 5.41) is 2.94. The van der Waals surface area contributed by atoms with Crippen LogP contribution in [0.2, 0.25) is 0 Å². The van der Waals surface area contributed by atoms with Gasteiger partial charge in [-0.15, -0.1) is 0 Å². The summed E-state index contributed by atoms with van der Waals surface area (Å²) in [5.74, 6) is -0.0287. The number of nitrogens with zero attached hydrogens (tertiary/aromatic N) is 1. The van der Waals surface area contributed by atoms with Gasteiger partial charge in [-0.25, -0.2) is 0 Å². The molecule has 0 aromatic heterocycles. The third kappa shape index (κ3) is 3.74. The Hall–Kier alpha value is -1.59. The Morgan fingerprint density at radius 3 is 2.62 bits per heavy atom. The maximum atomic E-state index is 12.1. The molecule has 114 valence electrons. The van der Waals surface area contributed by atoms with Crippen molar-refractivity contribution in [1.82, 2.24) is 5.32 Å². The van der Waals surface area contributed by atoms with E-state index in [9.17, 15) is 4.79 Å². The number of amides is 1. The van der Waals surface area contributed by atoms with E-state index in [4.69, 9.17) is 9.47 Å². The Labute approximate surface area is 125 Å². The van der Waals surface area contributed by atoms with E-state index in [-0.39, 0.29) is 12.0 Å². The normalized spacial score (nSPS) is 22.3. The second-order valence-electron chi connectivity index (χ2n) is 5.49. The smallest absolute Gasteiger partial charge is 0.251 e. The number of benzene rings is 1. The van der Waals surface area contributed by atoms with Crippen molar-refractivity contribution in [3.8, 4) is 0 Å². The third-order valence-corrected chi connectivity index (χ3v) is 4.02. The molecule has 1 aromatic rings. The largest absolute Gasteiger partial charge is 0.378 e. The molecule has 2 aliphatic heterocycles. The molecule has 0 bridgehead atoms. The molecule has 0 aliphatic carbocycles. The summed E-state index contributed by atoms with van der Waals surface area (Å²) < 4.78 is 10.9. The van der Waals surface area contributed by atoms with Crippen LogP contribution < -0.4 is 10.2 Å². The molecule has 0 spiro atoms. The molecule has 2 aliphatic rings. The molecule has 1 N–H and O–H groups in total. The van der Waals surface area contributed by atoms with Crippen LogP contribution >= 0.6 is 0 Å². The van der Waals surface area contributed by atoms with E-state index in [1.165, 1.54) is 0 Å². The highest BCUT2D eigenvalue weighted by atomic mass is 16.5. The summed E-state index contributed by atoms with van der Waals surface area (Å²) in [7, 11) is 0. The molecule has 2 fully saturated rings. The Balaban J connectivity index is 1.54. The fraction of sp³-hybridized carbons (Fsp3) is 0.562. The van der Waals surface area contributed by atoms with Crippen LogP contribution in [-0.4, -0.2) is 51.5 Å². The van der Waals surface area contributed by atoms with Crippen LogP contribution in [0.1, 0.15) is 23.2 Å². The number of rotatable bonds is 4. The molecule has 21 heavy (non-hydrogen) atoms. The quantitative estimate of drug-likeness (QED) is 0.911. The van der Waals surface area contributed by atoms with E-state index in [0.29, 0.717) is 12.1 Å². The van der Waals surface area contributed by atoms with E-state index in [1.54, 1.807) is 0 Å². The van der Waals surface area contributed by atoms with Gasteiger partial charge in [0.1, 0.15) is 0 Å². The predicted octanol–water partition coefficient (Wildman–Crippen LogP) is 1.43. The number of carbonyl (C=O) groups excluding carboxylic acids is 1. The van der Waals surface area contributed by atoms with Gasteiger partial charge < -0.3 is 19.7 Å². The lowest BCUT2D eigenvalue weighted by atomic mass is 10.1. The predicted molar refractivity (Wildman–Crippen MR) is 80.8 cm³/mol. The number of hydrogen-bond acceptors (Lipinski definition) is 4. The van der Waals surface area contributed by atoms with Crippen molar-refractivity contribution in [2.24, 2.45) is 0 Å². The van der Waals surface area contributed by atoms with Crippen LogP contribution in [-0.2, 0) is 9.47 Å². The van der Waals surface area contributed by atoms with Gasteiger partial charge in [0.25, 0.3) is 5.91 Å². The van der Waals surface area contributed by atoms with Crippen LogP contribution in [0, 0.1) is 0 Å². The van der Waals surface area contributed by atoms with Crippen molar-refractivity contribution < 1.29 is 14.3 Å². The van der Waals surface area contributed by atoms with Crippen molar-refractivity contribution in [3.63, 3.8) is 0 Å². The number of anilines is 1. The minimum atomic E-state index is -0.0287. The highest BCUT2D eigenvalue weighted by Crippen LogP contribution is 2.17. The molecule has 1 unspecified atom stereocenters. The summed E-state index contributed by atoms with van der Waals surface area (Å²) in [6.07, 6.45) is 2.31. The van der Waals surface area contributed by atoms with E-state index in [2.05, 4.69) is 10.2 Å². The summed E-state index contributed by atoms with van der Waals surface area (Å²) in [6, 6.07) is 7.78. The zero-order valence-corrected chi connectivity index (χ0v) is 12.2. The van der Waals surface area contributed by atoms with Crippen LogP contribution in [0.5, 0.6) is 0 Å². The molecule has 5 nitrogen and oxygen atoms in total. The monoisotopic (exact) mass is 290 g/mol. The van der Waals surface area contributed by atoms with Gasteiger partial charge in [0, 0.05) is 37.5 Å². The lowest BCUT2D eigenvalue weighted by molar-refractivity contribution is 0.0858. The molecule has 2 heterocycles. The molecule has 2 saturated heterocycles. The van der Waals surface area contributed by atoms with Gasteiger partial charge in [0.05, 0.1) is 19.3 Å². The standard InChI is InChI=1S/C16H22N2O3/c19-16(17-12-15-2-1-9-21-15)13-3-5-14(6-4-13)18-7-10-20-11-8-18/h3-6,15H,1-2,7-12H2,(H,17,19). The fourth-order valence-electron chi connectivity index (χ4n) is 2.76. The Bertz CT molecular complexity index is 463. The number of hydrogen-bond donors (Lipinski definition) is 1. The fourth-order valence-corrected chi connectivity index (χ4v) is 2.76. The van der Waals surface area contributed by atoms with Gasteiger partial charge in [0.15, 0.2) is 0 Å². The first-order valence-electron chi connectivity index (χ1n) is 7.65. The second kappa shape index (κ2) is 6.91. The molecule has 0 radical (unpaired) electrons. The second-order valence-corrected chi connectivity index (χ2v) is 5.49. The topological polar surface area (TPSA) is 50.8 Å². The minimum absolute atomic E-state index is 0.0287. The summed E-state index contributed by atoms with van der Waals surface area (Å²) in [6.45, 7) is 4.77. The third-order valence-electron chi connectivity index (χ3n) is 4.02. The average Bonchev–Trinajstić information content (AvgIpc) is 3.07. The summed E-state index contributed by atoms with van der Waals surface area (Å²) in [5.41, 5.74) is 1.85. The van der Waals surface area contributed by atoms with Gasteiger partial charge in [-0.1, -0.05) is 0 Å². The van der Waals surface area contributed by atoms with Crippen molar-refractivity contribution in [1.29, 1.82) is 0 Å². The van der Waals surface area contributed by atoms with Crippen LogP contribution in [0.15, 0.2) is 24.3 Å². The van der Waals surface area contributed by atoms with Crippen LogP contribution in [0.25, 0.3) is 0 Å². The highest BCUT2D eigenvalue weighted by molar-refractivity contribution is 5.94. The van der Waals surface area contributed by atoms with E-state index >= 15 is 0 Å². The number of carbonyl (C=O) groups is 1. The first-order valence-corrected chi connectivity index (χ1v) is 7.65. The minimum Gasteiger partial charge on any atom is -0.378 e. The first-order chi connectivity index (χ1) is 10.3. The van der Waals surface area contributed by atoms with Crippen molar-refractivity contribution in [2.45, 2.75) is 18.9 Å². The van der Waals surface area contributed by atoms with E-state index in [0.717, 1.165) is 51.4 Å². The molecule has 5 heteroatoms. The van der Waals surface area contributed by atoms with E-state index in [1.807, 2.05) is 24.3 Å². The lowest BCUT2D eigenvalue weighted by Gasteiger charge is -2.28. The van der Waals surface area contributed by atoms with Crippen LogP contribution in [0.4, 0.5) is 5.69 Å². The van der Waals surface area contributed by atoms with Gasteiger partial charge in [-0.3, -0.25) is 4.79 Å². The van der Waals surface area contributed by atoms with Gasteiger partial charge in [-0.05, 0) is 37.1 Å². The highest BCUT2D eigenvalue weighted by Gasteiger charge is 2.17. The van der Waals surface area contributed by atoms with Crippen molar-refractivity contribution in [2.75, 3.05) is 44.4 Å². The molecule has 0 saturated carbocycles. The molecule has 3 rings (SSSR count). The van der Waals surface area contributed by atoms with Crippen molar-refractivity contribution in [3.05, 3.63) is 29.8 Å². The van der Waals surface area contributed by atoms with Crippen molar-refractivity contribution >= 4 is 11.6 Å².